The molecule has 1 rings (SSSR count). The van der Waals surface area contributed by atoms with Crippen molar-refractivity contribution in [1.29, 1.82) is 0 Å². The SMILES string of the molecule is C#C[C@@](O)(/C=C\C/C=C/CC[C@H](C(=O)O)[C@H]1CCCC1=O)CCCCC. The molecule has 4 heteroatoms. The van der Waals surface area contributed by atoms with Gasteiger partial charge in [-0.25, -0.2) is 0 Å². The van der Waals surface area contributed by atoms with E-state index in [2.05, 4.69) is 12.8 Å². The summed E-state index contributed by atoms with van der Waals surface area (Å²) >= 11 is 0. The number of carbonyl (C=O) groups excluding carboxylic acids is 1. The van der Waals surface area contributed by atoms with Crippen LogP contribution < -0.4 is 0 Å². The lowest BCUT2D eigenvalue weighted by atomic mass is 9.86. The summed E-state index contributed by atoms with van der Waals surface area (Å²) in [6.45, 7) is 2.10. The summed E-state index contributed by atoms with van der Waals surface area (Å²) in [6.07, 6.45) is 20.2. The number of terminal acetylenes is 1. The Labute approximate surface area is 157 Å². The van der Waals surface area contributed by atoms with Gasteiger partial charge in [0.2, 0.25) is 0 Å². The highest BCUT2D eigenvalue weighted by Crippen LogP contribution is 2.31. The predicted molar refractivity (Wildman–Crippen MR) is 104 cm³/mol. The number of Topliss-reactive ketones (excluding diaryl/α,β-unsaturated/α-hetero) is 1. The van der Waals surface area contributed by atoms with Gasteiger partial charge in [-0.1, -0.05) is 43.9 Å². The number of aliphatic hydroxyl groups is 1. The molecule has 0 amide bonds. The standard InChI is InChI=1S/C22H32O4/c1-3-5-10-16-22(26,4-2)17-11-8-6-7-9-13-19(21(24)25)18-14-12-15-20(18)23/h2,6-7,11,17-19,26H,3,5,8-10,12-16H2,1H3,(H,24,25)/b7-6+,17-11-/t18-,19+,22+/m1/s1. The van der Waals surface area contributed by atoms with Crippen LogP contribution in [-0.2, 0) is 9.59 Å². The van der Waals surface area contributed by atoms with Gasteiger partial charge in [0.25, 0.3) is 0 Å². The smallest absolute Gasteiger partial charge is 0.307 e. The molecule has 1 saturated carbocycles. The van der Waals surface area contributed by atoms with Gasteiger partial charge in [0.1, 0.15) is 11.4 Å². The van der Waals surface area contributed by atoms with Crippen LogP contribution in [0.1, 0.15) is 71.1 Å². The van der Waals surface area contributed by atoms with E-state index in [4.69, 9.17) is 6.42 Å². The molecule has 4 nitrogen and oxygen atoms in total. The van der Waals surface area contributed by atoms with Crippen molar-refractivity contribution in [2.75, 3.05) is 0 Å². The topological polar surface area (TPSA) is 74.6 Å². The van der Waals surface area contributed by atoms with E-state index < -0.39 is 17.5 Å². The van der Waals surface area contributed by atoms with E-state index in [0.717, 1.165) is 25.7 Å². The lowest BCUT2D eigenvalue weighted by molar-refractivity contribution is -0.146. The Bertz CT molecular complexity index is 555. The van der Waals surface area contributed by atoms with Crippen LogP contribution in [0, 0.1) is 24.2 Å². The third-order valence-corrected chi connectivity index (χ3v) is 5.04. The number of carbonyl (C=O) groups is 2. The Morgan fingerprint density at radius 2 is 2.15 bits per heavy atom. The van der Waals surface area contributed by atoms with Gasteiger partial charge in [0.05, 0.1) is 5.92 Å². The van der Waals surface area contributed by atoms with Crippen LogP contribution in [0.3, 0.4) is 0 Å². The van der Waals surface area contributed by atoms with Gasteiger partial charge in [-0.2, -0.15) is 0 Å². The molecule has 3 atom stereocenters. The third kappa shape index (κ3) is 7.58. The quantitative estimate of drug-likeness (QED) is 0.309. The van der Waals surface area contributed by atoms with Gasteiger partial charge in [-0.15, -0.1) is 6.42 Å². The Hall–Kier alpha value is -1.86. The second-order valence-corrected chi connectivity index (χ2v) is 7.12. The number of carboxylic acids is 1. The van der Waals surface area contributed by atoms with Crippen molar-refractivity contribution in [3.63, 3.8) is 0 Å². The molecule has 0 heterocycles. The van der Waals surface area contributed by atoms with Crippen molar-refractivity contribution >= 4 is 11.8 Å². The summed E-state index contributed by atoms with van der Waals surface area (Å²) in [5.74, 6) is 0.793. The Morgan fingerprint density at radius 3 is 2.73 bits per heavy atom. The zero-order valence-electron chi connectivity index (χ0n) is 15.8. The van der Waals surface area contributed by atoms with Crippen LogP contribution in [0.5, 0.6) is 0 Å². The highest BCUT2D eigenvalue weighted by Gasteiger charge is 2.35. The molecule has 0 aliphatic heterocycles. The van der Waals surface area contributed by atoms with Gasteiger partial charge < -0.3 is 10.2 Å². The average molecular weight is 360 g/mol. The number of carboxylic acid groups (broad SMARTS) is 1. The van der Waals surface area contributed by atoms with E-state index in [9.17, 15) is 19.8 Å². The number of ketones is 1. The number of allylic oxidation sites excluding steroid dienone is 3. The molecular weight excluding hydrogens is 328 g/mol. The zero-order valence-corrected chi connectivity index (χ0v) is 15.8. The van der Waals surface area contributed by atoms with E-state index in [1.807, 2.05) is 18.2 Å². The summed E-state index contributed by atoms with van der Waals surface area (Å²) in [7, 11) is 0. The highest BCUT2D eigenvalue weighted by molar-refractivity contribution is 5.87. The van der Waals surface area contributed by atoms with Crippen LogP contribution in [-0.4, -0.2) is 27.6 Å². The molecular formula is C22H32O4. The molecule has 26 heavy (non-hydrogen) atoms. The van der Waals surface area contributed by atoms with Crippen LogP contribution in [0.15, 0.2) is 24.3 Å². The summed E-state index contributed by atoms with van der Waals surface area (Å²) < 4.78 is 0. The monoisotopic (exact) mass is 360 g/mol. The summed E-state index contributed by atoms with van der Waals surface area (Å²) in [5.41, 5.74) is -1.18. The summed E-state index contributed by atoms with van der Waals surface area (Å²) in [6, 6.07) is 0. The molecule has 2 N–H and O–H groups in total. The van der Waals surface area contributed by atoms with Crippen molar-refractivity contribution in [1.82, 2.24) is 0 Å². The molecule has 0 radical (unpaired) electrons. The van der Waals surface area contributed by atoms with E-state index in [1.165, 1.54) is 0 Å². The first-order valence-corrected chi connectivity index (χ1v) is 9.72. The summed E-state index contributed by atoms with van der Waals surface area (Å²) in [5, 5.41) is 19.6. The maximum Gasteiger partial charge on any atom is 0.307 e. The van der Waals surface area contributed by atoms with Crippen molar-refractivity contribution in [3.8, 4) is 12.3 Å². The third-order valence-electron chi connectivity index (χ3n) is 5.04. The van der Waals surface area contributed by atoms with Crippen LogP contribution in [0.4, 0.5) is 0 Å². The Morgan fingerprint density at radius 1 is 1.38 bits per heavy atom. The Balaban J connectivity index is 2.38. The molecule has 0 saturated heterocycles. The number of hydrogen-bond donors (Lipinski definition) is 2. The first-order valence-electron chi connectivity index (χ1n) is 9.72. The Kier molecular flexibility index (Phi) is 9.98. The van der Waals surface area contributed by atoms with Gasteiger partial charge in [-0.3, -0.25) is 9.59 Å². The fraction of sp³-hybridized carbons (Fsp3) is 0.636. The maximum absolute atomic E-state index is 11.8. The molecule has 0 unspecified atom stereocenters. The minimum Gasteiger partial charge on any atom is -0.481 e. The fourth-order valence-electron chi connectivity index (χ4n) is 3.44. The van der Waals surface area contributed by atoms with E-state index >= 15 is 0 Å². The average Bonchev–Trinajstić information content (AvgIpc) is 3.03. The number of hydrogen-bond acceptors (Lipinski definition) is 3. The van der Waals surface area contributed by atoms with Gasteiger partial charge in [-0.05, 0) is 51.0 Å². The molecule has 0 aromatic rings. The van der Waals surface area contributed by atoms with Crippen LogP contribution >= 0.6 is 0 Å². The second kappa shape index (κ2) is 11.7. The number of unbranched alkanes of at least 4 members (excludes halogenated alkanes) is 2. The van der Waals surface area contributed by atoms with Crippen molar-refractivity contribution in [2.45, 2.75) is 76.7 Å². The van der Waals surface area contributed by atoms with Crippen LogP contribution in [0.2, 0.25) is 0 Å². The first-order chi connectivity index (χ1) is 12.4. The molecule has 144 valence electrons. The minimum absolute atomic E-state index is 0.0981. The van der Waals surface area contributed by atoms with Gasteiger partial charge >= 0.3 is 5.97 Å². The molecule has 1 aliphatic carbocycles. The molecule has 0 bridgehead atoms. The normalized spacial score (nSPS) is 21.1. The number of aliphatic carboxylic acids is 1. The first kappa shape index (κ1) is 22.2. The molecule has 1 fully saturated rings. The van der Waals surface area contributed by atoms with E-state index in [0.29, 0.717) is 38.5 Å². The number of rotatable bonds is 12. The molecule has 1 aliphatic rings. The molecule has 0 aromatic heterocycles. The van der Waals surface area contributed by atoms with Crippen molar-refractivity contribution in [3.05, 3.63) is 24.3 Å². The largest absolute Gasteiger partial charge is 0.481 e. The fourth-order valence-corrected chi connectivity index (χ4v) is 3.44. The van der Waals surface area contributed by atoms with Gasteiger partial charge in [0, 0.05) is 12.3 Å². The van der Waals surface area contributed by atoms with Crippen molar-refractivity contribution in [2.24, 2.45) is 11.8 Å². The second-order valence-electron chi connectivity index (χ2n) is 7.12. The predicted octanol–water partition coefficient (Wildman–Crippen LogP) is 4.28. The lowest BCUT2D eigenvalue weighted by Crippen LogP contribution is -2.26. The maximum atomic E-state index is 11.8. The zero-order chi connectivity index (χ0) is 19.4. The lowest BCUT2D eigenvalue weighted by Gasteiger charge is -2.17. The van der Waals surface area contributed by atoms with Crippen molar-refractivity contribution < 1.29 is 19.8 Å². The summed E-state index contributed by atoms with van der Waals surface area (Å²) in [4.78, 5) is 23.2. The highest BCUT2D eigenvalue weighted by atomic mass is 16.4. The van der Waals surface area contributed by atoms with Crippen LogP contribution in [0.25, 0.3) is 0 Å². The van der Waals surface area contributed by atoms with E-state index in [1.54, 1.807) is 6.08 Å². The van der Waals surface area contributed by atoms with E-state index in [-0.39, 0.29) is 11.7 Å². The molecule has 0 spiro atoms. The van der Waals surface area contributed by atoms with Gasteiger partial charge in [0.15, 0.2) is 0 Å². The minimum atomic E-state index is -1.18. The molecule has 0 aromatic carbocycles.